The molecular formula is C13H14F3N5O3. The highest BCUT2D eigenvalue weighted by Crippen LogP contribution is 2.34. The maximum atomic E-state index is 12.8. The van der Waals surface area contributed by atoms with E-state index in [1.165, 1.54) is 24.9 Å². The predicted molar refractivity (Wildman–Crippen MR) is 77.8 cm³/mol. The summed E-state index contributed by atoms with van der Waals surface area (Å²) in [5, 5.41) is 17.7. The molecule has 0 bridgehead atoms. The van der Waals surface area contributed by atoms with Crippen molar-refractivity contribution in [2.24, 2.45) is 7.05 Å². The van der Waals surface area contributed by atoms with Gasteiger partial charge in [-0.2, -0.15) is 18.3 Å². The number of aromatic nitrogens is 3. The van der Waals surface area contributed by atoms with Gasteiger partial charge >= 0.3 is 11.9 Å². The number of rotatable bonds is 6. The third-order valence-electron chi connectivity index (χ3n) is 3.08. The molecule has 2 heterocycles. The van der Waals surface area contributed by atoms with Crippen LogP contribution in [0.5, 0.6) is 5.88 Å². The van der Waals surface area contributed by atoms with Gasteiger partial charge in [-0.1, -0.05) is 0 Å². The molecule has 0 saturated carbocycles. The maximum Gasteiger partial charge on any atom is 0.421 e. The molecule has 0 unspecified atom stereocenters. The van der Waals surface area contributed by atoms with Crippen molar-refractivity contribution in [3.63, 3.8) is 0 Å². The fourth-order valence-electron chi connectivity index (χ4n) is 2.10. The third kappa shape index (κ3) is 3.73. The molecule has 2 aromatic rings. The summed E-state index contributed by atoms with van der Waals surface area (Å²) in [7, 11) is 1.52. The van der Waals surface area contributed by atoms with Crippen LogP contribution in [0.1, 0.15) is 11.3 Å². The molecule has 0 atom stereocenters. The second-order valence-corrected chi connectivity index (χ2v) is 4.79. The Bertz CT molecular complexity index is 745. The highest BCUT2D eigenvalue weighted by Gasteiger charge is 2.35. The monoisotopic (exact) mass is 345 g/mol. The van der Waals surface area contributed by atoms with Crippen LogP contribution >= 0.6 is 0 Å². The van der Waals surface area contributed by atoms with Gasteiger partial charge in [0.2, 0.25) is 11.7 Å². The van der Waals surface area contributed by atoms with Gasteiger partial charge in [0.1, 0.15) is 17.9 Å². The topological polar surface area (TPSA) is 95.1 Å². The van der Waals surface area contributed by atoms with Crippen molar-refractivity contribution >= 4 is 11.5 Å². The minimum atomic E-state index is -4.57. The van der Waals surface area contributed by atoms with Crippen molar-refractivity contribution in [2.75, 3.05) is 18.5 Å². The number of alkyl halides is 3. The van der Waals surface area contributed by atoms with Crippen molar-refractivity contribution in [3.05, 3.63) is 39.7 Å². The van der Waals surface area contributed by atoms with Crippen LogP contribution in [0.4, 0.5) is 24.7 Å². The quantitative estimate of drug-likeness (QED) is 0.491. The number of nitrogens with zero attached hydrogens (tertiary/aromatic N) is 4. The highest BCUT2D eigenvalue weighted by molar-refractivity contribution is 5.59. The number of ether oxygens (including phenoxy) is 1. The smallest absolute Gasteiger partial charge is 0.421 e. The molecule has 0 aliphatic rings. The molecule has 1 N–H and O–H groups in total. The summed E-state index contributed by atoms with van der Waals surface area (Å²) in [6.45, 7) is 1.36. The van der Waals surface area contributed by atoms with Crippen LogP contribution in [0.25, 0.3) is 0 Å². The number of hydrogen-bond acceptors (Lipinski definition) is 6. The number of halogens is 3. The first-order valence-electron chi connectivity index (χ1n) is 6.78. The molecule has 8 nitrogen and oxygen atoms in total. The summed E-state index contributed by atoms with van der Waals surface area (Å²) in [5.41, 5.74) is -0.936. The summed E-state index contributed by atoms with van der Waals surface area (Å²) < 4.78 is 44.7. The molecule has 0 saturated heterocycles. The average Bonchev–Trinajstić information content (AvgIpc) is 2.77. The zero-order chi connectivity index (χ0) is 17.9. The van der Waals surface area contributed by atoms with Crippen molar-refractivity contribution in [1.82, 2.24) is 14.8 Å². The van der Waals surface area contributed by atoms with Crippen molar-refractivity contribution in [3.8, 4) is 5.88 Å². The Morgan fingerprint density at radius 3 is 2.79 bits per heavy atom. The minimum Gasteiger partial charge on any atom is -0.475 e. The van der Waals surface area contributed by atoms with Gasteiger partial charge in [-0.15, -0.1) is 0 Å². The summed E-state index contributed by atoms with van der Waals surface area (Å²) >= 11 is 0. The summed E-state index contributed by atoms with van der Waals surface area (Å²) in [4.78, 5) is 14.0. The molecule has 0 amide bonds. The Balaban J connectivity index is 2.02. The Morgan fingerprint density at radius 2 is 2.17 bits per heavy atom. The van der Waals surface area contributed by atoms with E-state index in [-0.39, 0.29) is 30.4 Å². The molecular weight excluding hydrogens is 331 g/mol. The number of nitro groups is 1. The first-order chi connectivity index (χ1) is 11.2. The molecule has 0 aliphatic heterocycles. The fraction of sp³-hybridized carbons (Fsp3) is 0.385. The molecule has 2 aromatic heterocycles. The van der Waals surface area contributed by atoms with E-state index in [9.17, 15) is 23.3 Å². The van der Waals surface area contributed by atoms with Crippen molar-refractivity contribution < 1.29 is 22.8 Å². The van der Waals surface area contributed by atoms with E-state index in [0.717, 1.165) is 12.1 Å². The Morgan fingerprint density at radius 1 is 1.46 bits per heavy atom. The van der Waals surface area contributed by atoms with E-state index in [0.29, 0.717) is 0 Å². The standard InChI is InChI=1S/C13H14F3N5O3/c1-8-10(21(22)23)11(20(2)19-8)17-6-7-24-12-9(13(14,15)16)4-3-5-18-12/h3-5,17H,6-7H2,1-2H3. The van der Waals surface area contributed by atoms with Crippen LogP contribution < -0.4 is 10.1 Å². The van der Waals surface area contributed by atoms with E-state index < -0.39 is 22.5 Å². The normalized spacial score (nSPS) is 11.4. The van der Waals surface area contributed by atoms with Crippen LogP contribution in [-0.4, -0.2) is 32.8 Å². The Labute approximate surface area is 134 Å². The van der Waals surface area contributed by atoms with Crippen LogP contribution in [0, 0.1) is 17.0 Å². The van der Waals surface area contributed by atoms with Crippen LogP contribution in [0.3, 0.4) is 0 Å². The van der Waals surface area contributed by atoms with Gasteiger partial charge in [-0.3, -0.25) is 10.1 Å². The van der Waals surface area contributed by atoms with E-state index in [1.807, 2.05) is 0 Å². The summed E-state index contributed by atoms with van der Waals surface area (Å²) in [5.74, 6) is -0.388. The lowest BCUT2D eigenvalue weighted by atomic mass is 10.2. The molecule has 0 aromatic carbocycles. The third-order valence-corrected chi connectivity index (χ3v) is 3.08. The average molecular weight is 345 g/mol. The van der Waals surface area contributed by atoms with Crippen molar-refractivity contribution in [1.29, 1.82) is 0 Å². The van der Waals surface area contributed by atoms with Gasteiger partial charge in [0.25, 0.3) is 0 Å². The predicted octanol–water partition coefficient (Wildman–Crippen LogP) is 2.54. The summed E-state index contributed by atoms with van der Waals surface area (Å²) in [6.07, 6.45) is -3.39. The largest absolute Gasteiger partial charge is 0.475 e. The van der Waals surface area contributed by atoms with Gasteiger partial charge < -0.3 is 10.1 Å². The van der Waals surface area contributed by atoms with Crippen LogP contribution in [0.15, 0.2) is 18.3 Å². The SMILES string of the molecule is Cc1nn(C)c(NCCOc2ncccc2C(F)(F)F)c1[N+](=O)[O-]. The number of hydrogen-bond donors (Lipinski definition) is 1. The summed E-state index contributed by atoms with van der Waals surface area (Å²) in [6, 6.07) is 2.03. The lowest BCUT2D eigenvalue weighted by Crippen LogP contribution is -2.17. The molecule has 2 rings (SSSR count). The highest BCUT2D eigenvalue weighted by atomic mass is 19.4. The zero-order valence-electron chi connectivity index (χ0n) is 12.8. The van der Waals surface area contributed by atoms with Gasteiger partial charge in [0.05, 0.1) is 11.5 Å². The van der Waals surface area contributed by atoms with Gasteiger partial charge in [-0.25, -0.2) is 9.67 Å². The van der Waals surface area contributed by atoms with Crippen molar-refractivity contribution in [2.45, 2.75) is 13.1 Å². The van der Waals surface area contributed by atoms with Crippen LogP contribution in [0.2, 0.25) is 0 Å². The first kappa shape index (κ1) is 17.5. The Hall–Kier alpha value is -2.85. The van der Waals surface area contributed by atoms with Gasteiger partial charge in [-0.05, 0) is 19.1 Å². The fourth-order valence-corrected chi connectivity index (χ4v) is 2.10. The number of aryl methyl sites for hydroxylation is 2. The van der Waals surface area contributed by atoms with Gasteiger partial charge in [0.15, 0.2) is 0 Å². The molecule has 0 radical (unpaired) electrons. The molecule has 11 heteroatoms. The number of anilines is 1. The lowest BCUT2D eigenvalue weighted by Gasteiger charge is -2.12. The van der Waals surface area contributed by atoms with Gasteiger partial charge in [0, 0.05) is 13.2 Å². The van der Waals surface area contributed by atoms with E-state index in [4.69, 9.17) is 4.74 Å². The second-order valence-electron chi connectivity index (χ2n) is 4.79. The maximum absolute atomic E-state index is 12.8. The minimum absolute atomic E-state index is 0.0354. The first-order valence-corrected chi connectivity index (χ1v) is 6.78. The zero-order valence-corrected chi connectivity index (χ0v) is 12.8. The molecule has 130 valence electrons. The van der Waals surface area contributed by atoms with E-state index in [1.54, 1.807) is 0 Å². The lowest BCUT2D eigenvalue weighted by molar-refractivity contribution is -0.384. The molecule has 0 aliphatic carbocycles. The molecule has 24 heavy (non-hydrogen) atoms. The number of pyridine rings is 1. The number of nitrogens with one attached hydrogen (secondary N) is 1. The second kappa shape index (κ2) is 6.72. The Kier molecular flexibility index (Phi) is 4.90. The molecule has 0 spiro atoms. The van der Waals surface area contributed by atoms with E-state index in [2.05, 4.69) is 15.4 Å². The molecule has 0 fully saturated rings. The van der Waals surface area contributed by atoms with Crippen LogP contribution in [-0.2, 0) is 13.2 Å². The van der Waals surface area contributed by atoms with E-state index >= 15 is 0 Å².